The van der Waals surface area contributed by atoms with Gasteiger partial charge in [0.1, 0.15) is 18.2 Å². The lowest BCUT2D eigenvalue weighted by Gasteiger charge is -2.04. The highest BCUT2D eigenvalue weighted by Crippen LogP contribution is 1.99. The molecule has 0 heterocycles. The molecule has 0 saturated carbocycles. The van der Waals surface area contributed by atoms with Crippen LogP contribution in [0.3, 0.4) is 0 Å². The molecule has 0 aromatic rings. The monoisotopic (exact) mass is 218 g/mol. The van der Waals surface area contributed by atoms with Crippen molar-refractivity contribution in [3.05, 3.63) is 23.8 Å². The Morgan fingerprint density at radius 2 is 1.57 bits per heavy atom. The smallest absolute Gasteiger partial charge is 0.349 e. The van der Waals surface area contributed by atoms with Gasteiger partial charge in [-0.15, -0.1) is 0 Å². The number of halogens is 1. The SMILES string of the molecule is C=C(C)C(=O)OCCOC(=O)C(=C)Cl. The first-order valence-corrected chi connectivity index (χ1v) is 4.17. The number of hydrogen-bond acceptors (Lipinski definition) is 4. The second-order valence-electron chi connectivity index (χ2n) is 2.46. The van der Waals surface area contributed by atoms with E-state index in [0.29, 0.717) is 0 Å². The fourth-order valence-electron chi connectivity index (χ4n) is 0.470. The maximum absolute atomic E-state index is 10.8. The van der Waals surface area contributed by atoms with E-state index in [0.717, 1.165) is 0 Å². The molecule has 0 spiro atoms. The quantitative estimate of drug-likeness (QED) is 0.398. The summed E-state index contributed by atoms with van der Waals surface area (Å²) in [4.78, 5) is 21.5. The number of esters is 2. The predicted molar refractivity (Wildman–Crippen MR) is 51.7 cm³/mol. The van der Waals surface area contributed by atoms with Crippen molar-refractivity contribution in [3.8, 4) is 0 Å². The minimum absolute atomic E-state index is 0.0262. The molecule has 0 unspecified atom stereocenters. The predicted octanol–water partition coefficient (Wildman–Crippen LogP) is 1.40. The highest BCUT2D eigenvalue weighted by molar-refractivity contribution is 6.40. The molecule has 78 valence electrons. The Labute approximate surface area is 87.1 Å². The van der Waals surface area contributed by atoms with Crippen LogP contribution in [0, 0.1) is 0 Å². The molecule has 0 aliphatic rings. The van der Waals surface area contributed by atoms with Crippen LogP contribution in [0.15, 0.2) is 23.8 Å². The average molecular weight is 219 g/mol. The van der Waals surface area contributed by atoms with Gasteiger partial charge in [-0.25, -0.2) is 9.59 Å². The summed E-state index contributed by atoms with van der Waals surface area (Å²) in [6.45, 7) is 7.99. The zero-order valence-corrected chi connectivity index (χ0v) is 8.60. The van der Waals surface area contributed by atoms with E-state index in [-0.39, 0.29) is 23.8 Å². The van der Waals surface area contributed by atoms with E-state index >= 15 is 0 Å². The van der Waals surface area contributed by atoms with Crippen molar-refractivity contribution >= 4 is 23.5 Å². The molecule has 0 atom stereocenters. The van der Waals surface area contributed by atoms with Crippen LogP contribution in [0.25, 0.3) is 0 Å². The van der Waals surface area contributed by atoms with Crippen LogP contribution < -0.4 is 0 Å². The number of hydrogen-bond donors (Lipinski definition) is 0. The summed E-state index contributed by atoms with van der Waals surface area (Å²) in [5.74, 6) is -1.25. The Balaban J connectivity index is 3.57. The van der Waals surface area contributed by atoms with E-state index in [2.05, 4.69) is 22.6 Å². The van der Waals surface area contributed by atoms with Crippen LogP contribution in [-0.2, 0) is 19.1 Å². The van der Waals surface area contributed by atoms with Gasteiger partial charge in [0.05, 0.1) is 0 Å². The maximum Gasteiger partial charge on any atom is 0.349 e. The third-order valence-corrected chi connectivity index (χ3v) is 1.27. The topological polar surface area (TPSA) is 52.6 Å². The Hall–Kier alpha value is -1.29. The number of carbonyl (C=O) groups is 2. The molecule has 0 amide bonds. The first kappa shape index (κ1) is 12.7. The molecule has 0 aliphatic heterocycles. The fraction of sp³-hybridized carbons (Fsp3) is 0.333. The van der Waals surface area contributed by atoms with Crippen molar-refractivity contribution in [1.82, 2.24) is 0 Å². The molecule has 14 heavy (non-hydrogen) atoms. The second kappa shape index (κ2) is 6.21. The highest BCUT2D eigenvalue weighted by atomic mass is 35.5. The zero-order chi connectivity index (χ0) is 11.1. The molecule has 0 saturated heterocycles. The summed E-state index contributed by atoms with van der Waals surface area (Å²) in [5, 5.41) is -0.212. The molecule has 0 bridgehead atoms. The maximum atomic E-state index is 10.8. The first-order chi connectivity index (χ1) is 6.45. The van der Waals surface area contributed by atoms with Gasteiger partial charge < -0.3 is 9.47 Å². The molecule has 5 heteroatoms. The lowest BCUT2D eigenvalue weighted by Crippen LogP contribution is -2.13. The van der Waals surface area contributed by atoms with Gasteiger partial charge >= 0.3 is 11.9 Å². The van der Waals surface area contributed by atoms with Crippen LogP contribution >= 0.6 is 11.6 Å². The molecule has 0 rings (SSSR count). The molecular formula is C9H11ClO4. The van der Waals surface area contributed by atoms with Gasteiger partial charge in [-0.2, -0.15) is 0 Å². The lowest BCUT2D eigenvalue weighted by atomic mass is 10.4. The van der Waals surface area contributed by atoms with E-state index in [1.54, 1.807) is 0 Å². The fourth-order valence-corrected chi connectivity index (χ4v) is 0.525. The van der Waals surface area contributed by atoms with Gasteiger partial charge in [0.25, 0.3) is 0 Å². The molecule has 0 fully saturated rings. The van der Waals surface area contributed by atoms with Crippen molar-refractivity contribution in [3.63, 3.8) is 0 Å². The van der Waals surface area contributed by atoms with Crippen LogP contribution in [0.2, 0.25) is 0 Å². The summed E-state index contributed by atoms with van der Waals surface area (Å²) in [7, 11) is 0. The van der Waals surface area contributed by atoms with Gasteiger partial charge in [-0.05, 0) is 6.92 Å². The van der Waals surface area contributed by atoms with E-state index < -0.39 is 11.9 Å². The van der Waals surface area contributed by atoms with Crippen molar-refractivity contribution in [2.45, 2.75) is 6.92 Å². The molecule has 0 aromatic carbocycles. The molecule has 4 nitrogen and oxygen atoms in total. The summed E-state index contributed by atoms with van der Waals surface area (Å²) in [6, 6.07) is 0. The first-order valence-electron chi connectivity index (χ1n) is 3.79. The van der Waals surface area contributed by atoms with Crippen molar-refractivity contribution in [2.75, 3.05) is 13.2 Å². The third-order valence-electron chi connectivity index (χ3n) is 1.12. The van der Waals surface area contributed by atoms with E-state index in [1.807, 2.05) is 0 Å². The summed E-state index contributed by atoms with van der Waals surface area (Å²) < 4.78 is 9.20. The van der Waals surface area contributed by atoms with E-state index in [4.69, 9.17) is 11.6 Å². The van der Waals surface area contributed by atoms with Crippen LogP contribution in [-0.4, -0.2) is 25.2 Å². The van der Waals surface area contributed by atoms with Crippen LogP contribution in [0.5, 0.6) is 0 Å². The number of ether oxygens (including phenoxy) is 2. The van der Waals surface area contributed by atoms with E-state index in [9.17, 15) is 9.59 Å². The minimum Gasteiger partial charge on any atom is -0.459 e. The second-order valence-corrected chi connectivity index (χ2v) is 2.91. The molecule has 0 N–H and O–H groups in total. The molecular weight excluding hydrogens is 208 g/mol. The molecule has 0 aliphatic carbocycles. The van der Waals surface area contributed by atoms with Gasteiger partial charge in [0.2, 0.25) is 0 Å². The Morgan fingerprint density at radius 3 is 1.93 bits per heavy atom. The summed E-state index contributed by atoms with van der Waals surface area (Å²) in [6.07, 6.45) is 0. The largest absolute Gasteiger partial charge is 0.459 e. The Bertz CT molecular complexity index is 242. The van der Waals surface area contributed by atoms with Gasteiger partial charge in [-0.3, -0.25) is 0 Å². The standard InChI is InChI=1S/C9H11ClO4/c1-6(2)8(11)13-4-5-14-9(12)7(3)10/h1,3-5H2,2H3. The highest BCUT2D eigenvalue weighted by Gasteiger charge is 2.06. The van der Waals surface area contributed by atoms with Crippen molar-refractivity contribution < 1.29 is 19.1 Å². The normalized spacial score (nSPS) is 9.00. The van der Waals surface area contributed by atoms with Crippen molar-refractivity contribution in [1.29, 1.82) is 0 Å². The summed E-state index contributed by atoms with van der Waals surface area (Å²) >= 11 is 5.23. The van der Waals surface area contributed by atoms with E-state index in [1.165, 1.54) is 6.92 Å². The Morgan fingerprint density at radius 1 is 1.14 bits per heavy atom. The Kier molecular flexibility index (Phi) is 5.64. The summed E-state index contributed by atoms with van der Waals surface area (Å²) in [5.41, 5.74) is 0.290. The lowest BCUT2D eigenvalue weighted by molar-refractivity contribution is -0.146. The van der Waals surface area contributed by atoms with Crippen LogP contribution in [0.1, 0.15) is 6.92 Å². The third kappa shape index (κ3) is 5.37. The van der Waals surface area contributed by atoms with Gasteiger partial charge in [0.15, 0.2) is 0 Å². The average Bonchev–Trinajstić information content (AvgIpc) is 2.11. The van der Waals surface area contributed by atoms with Crippen molar-refractivity contribution in [2.24, 2.45) is 0 Å². The van der Waals surface area contributed by atoms with Gasteiger partial charge in [0, 0.05) is 5.57 Å². The molecule has 0 aromatic heterocycles. The van der Waals surface area contributed by atoms with Gasteiger partial charge in [-0.1, -0.05) is 24.8 Å². The number of rotatable bonds is 5. The van der Waals surface area contributed by atoms with Crippen LogP contribution in [0.4, 0.5) is 0 Å². The zero-order valence-electron chi connectivity index (χ0n) is 7.84. The number of carbonyl (C=O) groups excluding carboxylic acids is 2. The molecule has 0 radical (unpaired) electrons. The minimum atomic E-state index is -0.724.